The number of rotatable bonds is 6. The van der Waals surface area contributed by atoms with E-state index in [4.69, 9.17) is 5.73 Å². The Balaban J connectivity index is 0.000000240. The Hall–Kier alpha value is -2.59. The largest absolute Gasteiger partial charge is 0.328 e. The molecule has 10 heteroatoms. The molecule has 2 aromatic carbocycles. The first-order valence-electron chi connectivity index (χ1n) is 12.0. The van der Waals surface area contributed by atoms with Crippen molar-refractivity contribution in [3.8, 4) is 0 Å². The van der Waals surface area contributed by atoms with Gasteiger partial charge in [-0.15, -0.1) is 12.4 Å². The van der Waals surface area contributed by atoms with E-state index in [-0.39, 0.29) is 33.6 Å². The molecule has 9 nitrogen and oxygen atoms in total. The Morgan fingerprint density at radius 2 is 1.20 bits per heavy atom. The van der Waals surface area contributed by atoms with Gasteiger partial charge in [-0.2, -0.15) is 0 Å². The minimum atomic E-state index is -0.352. The second-order valence-corrected chi connectivity index (χ2v) is 9.43. The van der Waals surface area contributed by atoms with Crippen molar-refractivity contribution >= 4 is 23.8 Å². The van der Waals surface area contributed by atoms with Crippen molar-refractivity contribution in [2.24, 2.45) is 11.7 Å². The normalized spacial score (nSPS) is 17.7. The van der Waals surface area contributed by atoms with Crippen LogP contribution in [0.15, 0.2) is 48.5 Å². The molecule has 192 valence electrons. The highest BCUT2D eigenvalue weighted by Crippen LogP contribution is 2.20. The summed E-state index contributed by atoms with van der Waals surface area (Å²) in [6, 6.07) is 14.1. The smallest absolute Gasteiger partial charge is 0.269 e. The molecular weight excluding hydrogens is 470 g/mol. The predicted molar refractivity (Wildman–Crippen MR) is 140 cm³/mol. The highest BCUT2D eigenvalue weighted by atomic mass is 35.5. The van der Waals surface area contributed by atoms with Crippen LogP contribution < -0.4 is 5.73 Å². The van der Waals surface area contributed by atoms with Gasteiger partial charge < -0.3 is 5.73 Å². The zero-order valence-electron chi connectivity index (χ0n) is 20.3. The average Bonchev–Trinajstić information content (AvgIpc) is 2.83. The second-order valence-electron chi connectivity index (χ2n) is 9.43. The summed E-state index contributed by atoms with van der Waals surface area (Å²) in [6.07, 6.45) is 4.48. The minimum Gasteiger partial charge on any atom is -0.328 e. The molecule has 0 aliphatic carbocycles. The van der Waals surface area contributed by atoms with Crippen LogP contribution in [0.5, 0.6) is 0 Å². The molecule has 2 aliphatic rings. The Morgan fingerprint density at radius 1 is 0.800 bits per heavy atom. The molecular formula is C25H36ClN5O4. The van der Waals surface area contributed by atoms with E-state index >= 15 is 0 Å². The van der Waals surface area contributed by atoms with Crippen molar-refractivity contribution in [2.45, 2.75) is 51.7 Å². The molecule has 2 aromatic rings. The van der Waals surface area contributed by atoms with Crippen LogP contribution in [0.4, 0.5) is 11.4 Å². The molecule has 2 saturated heterocycles. The minimum absolute atomic E-state index is 0. The van der Waals surface area contributed by atoms with Gasteiger partial charge in [0.15, 0.2) is 0 Å². The topological polar surface area (TPSA) is 119 Å². The van der Waals surface area contributed by atoms with E-state index in [0.717, 1.165) is 69.2 Å². The van der Waals surface area contributed by atoms with E-state index in [0.29, 0.717) is 6.04 Å². The molecule has 0 atom stereocenters. The lowest BCUT2D eigenvalue weighted by Gasteiger charge is -2.30. The first-order chi connectivity index (χ1) is 16.3. The van der Waals surface area contributed by atoms with E-state index < -0.39 is 0 Å². The molecule has 2 heterocycles. The second kappa shape index (κ2) is 14.1. The van der Waals surface area contributed by atoms with Gasteiger partial charge in [0.1, 0.15) is 0 Å². The summed E-state index contributed by atoms with van der Waals surface area (Å²) in [6.45, 7) is 8.04. The fourth-order valence-corrected chi connectivity index (χ4v) is 4.38. The summed E-state index contributed by atoms with van der Waals surface area (Å²) in [5.41, 5.74) is 8.22. The maximum atomic E-state index is 10.7. The predicted octanol–water partition coefficient (Wildman–Crippen LogP) is 4.77. The van der Waals surface area contributed by atoms with Crippen LogP contribution in [0.1, 0.15) is 43.7 Å². The van der Waals surface area contributed by atoms with Crippen LogP contribution in [0.25, 0.3) is 0 Å². The summed E-state index contributed by atoms with van der Waals surface area (Å²) < 4.78 is 0. The third-order valence-electron chi connectivity index (χ3n) is 6.56. The summed E-state index contributed by atoms with van der Waals surface area (Å²) in [5.74, 6) is 0.816. The van der Waals surface area contributed by atoms with Gasteiger partial charge in [0.05, 0.1) is 9.85 Å². The van der Waals surface area contributed by atoms with Crippen LogP contribution in [-0.2, 0) is 13.1 Å². The molecule has 4 rings (SSSR count). The first-order valence-corrected chi connectivity index (χ1v) is 12.0. The van der Waals surface area contributed by atoms with Gasteiger partial charge in [-0.25, -0.2) is 0 Å². The molecule has 0 saturated carbocycles. The number of benzene rings is 2. The van der Waals surface area contributed by atoms with Crippen LogP contribution in [0, 0.1) is 26.1 Å². The number of non-ortho nitro benzene ring substituents is 2. The Morgan fingerprint density at radius 3 is 1.60 bits per heavy atom. The summed E-state index contributed by atoms with van der Waals surface area (Å²) in [5, 5.41) is 21.3. The first kappa shape index (κ1) is 28.6. The number of hydrogen-bond donors (Lipinski definition) is 1. The third-order valence-corrected chi connectivity index (χ3v) is 6.56. The van der Waals surface area contributed by atoms with Crippen LogP contribution in [-0.4, -0.2) is 51.9 Å². The average molecular weight is 506 g/mol. The summed E-state index contributed by atoms with van der Waals surface area (Å²) in [4.78, 5) is 25.3. The molecule has 0 amide bonds. The Kier molecular flexibility index (Phi) is 11.5. The Bertz CT molecular complexity index is 883. The van der Waals surface area contributed by atoms with Crippen molar-refractivity contribution in [3.63, 3.8) is 0 Å². The number of piperidine rings is 2. The molecule has 0 radical (unpaired) electrons. The number of nitrogens with zero attached hydrogens (tertiary/aromatic N) is 4. The molecule has 0 spiro atoms. The molecule has 2 N–H and O–H groups in total. The maximum absolute atomic E-state index is 10.7. The van der Waals surface area contributed by atoms with E-state index in [1.807, 2.05) is 12.1 Å². The van der Waals surface area contributed by atoms with Gasteiger partial charge in [-0.1, -0.05) is 31.2 Å². The number of halogens is 1. The van der Waals surface area contributed by atoms with Gasteiger partial charge in [-0.05, 0) is 68.9 Å². The summed E-state index contributed by atoms with van der Waals surface area (Å²) in [7, 11) is 0. The van der Waals surface area contributed by atoms with E-state index in [1.54, 1.807) is 30.3 Å². The number of nitrogens with two attached hydrogens (primary N) is 1. The highest BCUT2D eigenvalue weighted by molar-refractivity contribution is 5.85. The highest BCUT2D eigenvalue weighted by Gasteiger charge is 2.17. The van der Waals surface area contributed by atoms with Crippen molar-refractivity contribution in [1.82, 2.24) is 9.80 Å². The fraction of sp³-hybridized carbons (Fsp3) is 0.520. The number of nitro benzene ring substituents is 2. The van der Waals surface area contributed by atoms with E-state index in [9.17, 15) is 20.2 Å². The monoisotopic (exact) mass is 505 g/mol. The SMILES string of the molecule is CC1CCN(Cc2cccc([N+](=O)[O-])c2)CC1.Cl.NC1CCN(Cc2cccc([N+](=O)[O-])c2)CC1. The molecule has 0 aromatic heterocycles. The van der Waals surface area contributed by atoms with Gasteiger partial charge in [0.25, 0.3) is 11.4 Å². The number of likely N-dealkylation sites (tertiary alicyclic amines) is 2. The molecule has 0 bridgehead atoms. The fourth-order valence-electron chi connectivity index (χ4n) is 4.38. The van der Waals surface area contributed by atoms with Crippen molar-refractivity contribution in [3.05, 3.63) is 79.9 Å². The van der Waals surface area contributed by atoms with Crippen LogP contribution in [0.3, 0.4) is 0 Å². The third kappa shape index (κ3) is 9.52. The molecule has 2 fully saturated rings. The lowest BCUT2D eigenvalue weighted by molar-refractivity contribution is -0.385. The lowest BCUT2D eigenvalue weighted by Crippen LogP contribution is -2.39. The van der Waals surface area contributed by atoms with E-state index in [1.165, 1.54) is 18.9 Å². The molecule has 2 aliphatic heterocycles. The van der Waals surface area contributed by atoms with Crippen molar-refractivity contribution in [1.29, 1.82) is 0 Å². The lowest BCUT2D eigenvalue weighted by atomic mass is 9.99. The van der Waals surface area contributed by atoms with Crippen molar-refractivity contribution < 1.29 is 9.85 Å². The van der Waals surface area contributed by atoms with Crippen molar-refractivity contribution in [2.75, 3.05) is 26.2 Å². The quantitative estimate of drug-likeness (QED) is 0.443. The zero-order valence-corrected chi connectivity index (χ0v) is 21.1. The van der Waals surface area contributed by atoms with Gasteiger partial charge in [0, 0.05) is 43.4 Å². The number of hydrogen-bond acceptors (Lipinski definition) is 7. The van der Waals surface area contributed by atoms with Crippen LogP contribution in [0.2, 0.25) is 0 Å². The number of nitro groups is 2. The summed E-state index contributed by atoms with van der Waals surface area (Å²) >= 11 is 0. The van der Waals surface area contributed by atoms with Crippen LogP contribution >= 0.6 is 12.4 Å². The Labute approximate surface area is 213 Å². The maximum Gasteiger partial charge on any atom is 0.269 e. The standard InChI is InChI=1S/C13H18N2O2.C12H17N3O2.ClH/c1-11-5-7-14(8-6-11)10-12-3-2-4-13(9-12)15(16)17;13-11-4-6-14(7-5-11)9-10-2-1-3-12(8-10)15(16)17;/h2-4,9,11H,5-8,10H2,1H3;1-3,8,11H,4-7,9,13H2;1H. The molecule has 35 heavy (non-hydrogen) atoms. The van der Waals surface area contributed by atoms with Gasteiger partial charge in [0.2, 0.25) is 0 Å². The van der Waals surface area contributed by atoms with Gasteiger partial charge >= 0.3 is 0 Å². The molecule has 0 unspecified atom stereocenters. The van der Waals surface area contributed by atoms with Gasteiger partial charge in [-0.3, -0.25) is 30.0 Å². The van der Waals surface area contributed by atoms with E-state index in [2.05, 4.69) is 16.7 Å². The zero-order chi connectivity index (χ0) is 24.5.